The molecule has 3 rings (SSSR count). The lowest BCUT2D eigenvalue weighted by molar-refractivity contribution is -0.157. The molecular weight excluding hydrogens is 384 g/mol. The molecule has 27 heavy (non-hydrogen) atoms. The van der Waals surface area contributed by atoms with Crippen LogP contribution in [-0.4, -0.2) is 32.3 Å². The zero-order valence-corrected chi connectivity index (χ0v) is 17.1. The fourth-order valence-electron chi connectivity index (χ4n) is 2.87. The Morgan fingerprint density at radius 2 is 1.81 bits per heavy atom. The Morgan fingerprint density at radius 3 is 2.48 bits per heavy atom. The van der Waals surface area contributed by atoms with Crippen LogP contribution in [0.5, 0.6) is 5.75 Å². The molecule has 0 amide bonds. The number of sulfone groups is 1. The second-order valence-electron chi connectivity index (χ2n) is 7.24. The van der Waals surface area contributed by atoms with E-state index in [4.69, 9.17) is 9.47 Å². The Bertz CT molecular complexity index is 931. The maximum absolute atomic E-state index is 12.6. The Balaban J connectivity index is 1.85. The van der Waals surface area contributed by atoms with E-state index in [0.29, 0.717) is 11.3 Å². The Kier molecular flexibility index (Phi) is 5.53. The molecule has 1 aliphatic heterocycles. The molecule has 0 radical (unpaired) electrons. The van der Waals surface area contributed by atoms with E-state index in [2.05, 4.69) is 0 Å². The lowest BCUT2D eigenvalue weighted by Crippen LogP contribution is -2.27. The molecule has 0 bridgehead atoms. The van der Waals surface area contributed by atoms with Crippen molar-refractivity contribution in [1.82, 2.24) is 0 Å². The predicted molar refractivity (Wildman–Crippen MR) is 105 cm³/mol. The highest BCUT2D eigenvalue weighted by Crippen LogP contribution is 2.48. The van der Waals surface area contributed by atoms with Crippen molar-refractivity contribution < 1.29 is 22.7 Å². The second-order valence-corrected chi connectivity index (χ2v) is 10.5. The summed E-state index contributed by atoms with van der Waals surface area (Å²) in [5.41, 5.74) is 0.0172. The van der Waals surface area contributed by atoms with Crippen LogP contribution in [0.1, 0.15) is 31.6 Å². The van der Waals surface area contributed by atoms with Crippen LogP contribution in [0.15, 0.2) is 58.3 Å². The Morgan fingerprint density at radius 1 is 1.11 bits per heavy atom. The van der Waals surface area contributed by atoms with Crippen molar-refractivity contribution in [2.45, 2.75) is 41.4 Å². The number of rotatable bonds is 5. The van der Waals surface area contributed by atoms with E-state index in [1.54, 1.807) is 39.0 Å². The number of carbonyl (C=O) groups is 1. The standard InChI is InChI=1S/C20H22O5S2/c1-20(2,3)25-18(21)12-24-15-10-7-11-17-19(15)16(13-27(17,22)23)26-14-8-5-4-6-9-14/h4-11,16H,12-13H2,1-3H3. The molecule has 1 aliphatic rings. The summed E-state index contributed by atoms with van der Waals surface area (Å²) in [5, 5.41) is -0.290. The van der Waals surface area contributed by atoms with Gasteiger partial charge in [0.1, 0.15) is 11.4 Å². The van der Waals surface area contributed by atoms with Crippen LogP contribution in [0.2, 0.25) is 0 Å². The van der Waals surface area contributed by atoms with Crippen molar-refractivity contribution >= 4 is 27.6 Å². The topological polar surface area (TPSA) is 69.7 Å². The smallest absolute Gasteiger partial charge is 0.344 e. The number of benzene rings is 2. The minimum atomic E-state index is -3.38. The lowest BCUT2D eigenvalue weighted by atomic mass is 10.1. The van der Waals surface area contributed by atoms with Gasteiger partial charge in [0, 0.05) is 10.5 Å². The van der Waals surface area contributed by atoms with Crippen LogP contribution in [0, 0.1) is 0 Å². The van der Waals surface area contributed by atoms with Gasteiger partial charge < -0.3 is 9.47 Å². The minimum Gasteiger partial charge on any atom is -0.482 e. The Labute approximate surface area is 164 Å². The fourth-order valence-corrected chi connectivity index (χ4v) is 6.37. The molecule has 2 aromatic rings. The quantitative estimate of drug-likeness (QED) is 0.699. The molecule has 1 unspecified atom stereocenters. The molecule has 2 aromatic carbocycles. The monoisotopic (exact) mass is 406 g/mol. The summed E-state index contributed by atoms with van der Waals surface area (Å²) in [5.74, 6) is -0.0737. The van der Waals surface area contributed by atoms with E-state index < -0.39 is 21.4 Å². The van der Waals surface area contributed by atoms with Gasteiger partial charge >= 0.3 is 5.97 Å². The highest BCUT2D eigenvalue weighted by molar-refractivity contribution is 8.01. The maximum Gasteiger partial charge on any atom is 0.344 e. The van der Waals surface area contributed by atoms with E-state index in [-0.39, 0.29) is 22.5 Å². The Hall–Kier alpha value is -1.99. The van der Waals surface area contributed by atoms with Crippen LogP contribution in [0.3, 0.4) is 0 Å². The normalized spacial score (nSPS) is 18.0. The van der Waals surface area contributed by atoms with Crippen molar-refractivity contribution in [2.75, 3.05) is 12.4 Å². The maximum atomic E-state index is 12.6. The van der Waals surface area contributed by atoms with Gasteiger partial charge in [-0.25, -0.2) is 13.2 Å². The van der Waals surface area contributed by atoms with E-state index in [0.717, 1.165) is 4.90 Å². The first kappa shape index (κ1) is 19.8. The number of esters is 1. The summed E-state index contributed by atoms with van der Waals surface area (Å²) in [6.07, 6.45) is 0. The van der Waals surface area contributed by atoms with Gasteiger partial charge in [-0.15, -0.1) is 11.8 Å². The van der Waals surface area contributed by atoms with Gasteiger partial charge in [0.25, 0.3) is 0 Å². The molecule has 1 heterocycles. The van der Waals surface area contributed by atoms with Gasteiger partial charge in [-0.3, -0.25) is 0 Å². The van der Waals surface area contributed by atoms with Crippen molar-refractivity contribution in [1.29, 1.82) is 0 Å². The molecule has 0 aromatic heterocycles. The van der Waals surface area contributed by atoms with Gasteiger partial charge in [-0.05, 0) is 45.0 Å². The number of hydrogen-bond donors (Lipinski definition) is 0. The van der Waals surface area contributed by atoms with Gasteiger partial charge in [0.15, 0.2) is 16.4 Å². The molecule has 0 saturated carbocycles. The summed E-state index contributed by atoms with van der Waals surface area (Å²) in [4.78, 5) is 13.2. The summed E-state index contributed by atoms with van der Waals surface area (Å²) in [7, 11) is -3.38. The third kappa shape index (κ3) is 4.84. The first-order valence-electron chi connectivity index (χ1n) is 8.58. The van der Waals surface area contributed by atoms with E-state index in [1.807, 2.05) is 30.3 Å². The summed E-state index contributed by atoms with van der Waals surface area (Å²) >= 11 is 1.48. The number of carbonyl (C=O) groups excluding carboxylic acids is 1. The summed E-state index contributed by atoms with van der Waals surface area (Å²) in [6.45, 7) is 5.08. The third-order valence-corrected chi connectivity index (χ3v) is 7.08. The number of hydrogen-bond acceptors (Lipinski definition) is 6. The largest absolute Gasteiger partial charge is 0.482 e. The molecule has 0 fully saturated rings. The highest BCUT2D eigenvalue weighted by Gasteiger charge is 2.38. The van der Waals surface area contributed by atoms with Crippen LogP contribution in [-0.2, 0) is 19.4 Å². The van der Waals surface area contributed by atoms with Crippen molar-refractivity contribution in [3.05, 3.63) is 54.1 Å². The lowest BCUT2D eigenvalue weighted by Gasteiger charge is -2.20. The highest BCUT2D eigenvalue weighted by atomic mass is 32.2. The van der Waals surface area contributed by atoms with E-state index in [1.165, 1.54) is 11.8 Å². The molecule has 0 N–H and O–H groups in total. The molecule has 0 saturated heterocycles. The molecule has 0 aliphatic carbocycles. The molecule has 5 nitrogen and oxygen atoms in total. The van der Waals surface area contributed by atoms with Gasteiger partial charge in [0.05, 0.1) is 15.9 Å². The average molecular weight is 407 g/mol. The van der Waals surface area contributed by atoms with Crippen LogP contribution < -0.4 is 4.74 Å². The zero-order chi connectivity index (χ0) is 19.7. The van der Waals surface area contributed by atoms with Crippen LogP contribution in [0.4, 0.5) is 0 Å². The van der Waals surface area contributed by atoms with Crippen molar-refractivity contribution in [3.8, 4) is 5.75 Å². The number of fused-ring (bicyclic) bond motifs is 1. The predicted octanol–water partition coefficient (Wildman–Crippen LogP) is 4.03. The average Bonchev–Trinajstić information content (AvgIpc) is 2.83. The SMILES string of the molecule is CC(C)(C)OC(=O)COc1cccc2c1C(Sc1ccccc1)CS2(=O)=O. The molecule has 1 atom stereocenters. The van der Waals surface area contributed by atoms with Gasteiger partial charge in [0.2, 0.25) is 0 Å². The molecule has 0 spiro atoms. The molecule has 7 heteroatoms. The van der Waals surface area contributed by atoms with Crippen LogP contribution >= 0.6 is 11.8 Å². The number of ether oxygens (including phenoxy) is 2. The van der Waals surface area contributed by atoms with Crippen molar-refractivity contribution in [2.24, 2.45) is 0 Å². The second kappa shape index (κ2) is 7.56. The van der Waals surface area contributed by atoms with Gasteiger partial charge in [-0.1, -0.05) is 24.3 Å². The van der Waals surface area contributed by atoms with Crippen LogP contribution in [0.25, 0.3) is 0 Å². The van der Waals surface area contributed by atoms with Crippen molar-refractivity contribution in [3.63, 3.8) is 0 Å². The first-order chi connectivity index (χ1) is 12.7. The van der Waals surface area contributed by atoms with Gasteiger partial charge in [-0.2, -0.15) is 0 Å². The minimum absolute atomic E-state index is 0.00864. The van der Waals surface area contributed by atoms with E-state index in [9.17, 15) is 13.2 Å². The number of thioether (sulfide) groups is 1. The summed E-state index contributed by atoms with van der Waals surface area (Å²) < 4.78 is 36.1. The first-order valence-corrected chi connectivity index (χ1v) is 11.1. The molecule has 144 valence electrons. The third-order valence-electron chi connectivity index (χ3n) is 3.84. The fraction of sp³-hybridized carbons (Fsp3) is 0.350. The van der Waals surface area contributed by atoms with E-state index >= 15 is 0 Å². The summed E-state index contributed by atoms with van der Waals surface area (Å²) in [6, 6.07) is 14.6. The zero-order valence-electron chi connectivity index (χ0n) is 15.5. The molecular formula is C20H22O5S2.